The van der Waals surface area contributed by atoms with Gasteiger partial charge in [-0.15, -0.1) is 5.10 Å². The zero-order valence-electron chi connectivity index (χ0n) is 11.5. The van der Waals surface area contributed by atoms with Gasteiger partial charge in [-0.3, -0.25) is 4.79 Å². The molecule has 0 atom stereocenters. The lowest BCUT2D eigenvalue weighted by Crippen LogP contribution is -2.05. The van der Waals surface area contributed by atoms with Crippen LogP contribution in [0.5, 0.6) is 0 Å². The Balaban J connectivity index is 1.88. The molecule has 0 spiro atoms. The van der Waals surface area contributed by atoms with Crippen LogP contribution in [0.25, 0.3) is 22.6 Å². The molecule has 0 aliphatic rings. The first kappa shape index (κ1) is 13.3. The quantitative estimate of drug-likeness (QED) is 0.773. The van der Waals surface area contributed by atoms with Gasteiger partial charge in [-0.1, -0.05) is 11.6 Å². The SMILES string of the molecule is Cc1ccc2oc(-c3nnnn3CCCC(=O)O)cc2c1. The largest absolute Gasteiger partial charge is 0.481 e. The number of carboxylic acids is 1. The van der Waals surface area contributed by atoms with Gasteiger partial charge in [0.05, 0.1) is 0 Å². The Hall–Kier alpha value is -2.70. The fraction of sp³-hybridized carbons (Fsp3) is 0.286. The summed E-state index contributed by atoms with van der Waals surface area (Å²) in [6, 6.07) is 7.81. The highest BCUT2D eigenvalue weighted by Crippen LogP contribution is 2.26. The van der Waals surface area contributed by atoms with Gasteiger partial charge in [0, 0.05) is 18.4 Å². The van der Waals surface area contributed by atoms with Crippen LogP contribution in [0, 0.1) is 6.92 Å². The number of hydrogen-bond donors (Lipinski definition) is 1. The number of aryl methyl sites for hydroxylation is 2. The smallest absolute Gasteiger partial charge is 0.303 e. The van der Waals surface area contributed by atoms with Gasteiger partial charge in [-0.05, 0) is 42.0 Å². The van der Waals surface area contributed by atoms with Crippen LogP contribution in [0.2, 0.25) is 0 Å². The second kappa shape index (κ2) is 5.35. The van der Waals surface area contributed by atoms with E-state index >= 15 is 0 Å². The van der Waals surface area contributed by atoms with E-state index in [0.29, 0.717) is 24.6 Å². The summed E-state index contributed by atoms with van der Waals surface area (Å²) in [4.78, 5) is 10.6. The molecule has 1 aromatic carbocycles. The van der Waals surface area contributed by atoms with E-state index in [9.17, 15) is 4.79 Å². The first-order valence-corrected chi connectivity index (χ1v) is 6.62. The highest BCUT2D eigenvalue weighted by molar-refractivity contribution is 5.82. The summed E-state index contributed by atoms with van der Waals surface area (Å²) in [7, 11) is 0. The molecule has 108 valence electrons. The number of hydrogen-bond acceptors (Lipinski definition) is 5. The fourth-order valence-corrected chi connectivity index (χ4v) is 2.18. The molecule has 1 N–H and O–H groups in total. The Morgan fingerprint density at radius 2 is 2.24 bits per heavy atom. The van der Waals surface area contributed by atoms with E-state index in [2.05, 4.69) is 15.5 Å². The standard InChI is InChI=1S/C14H14N4O3/c1-9-4-5-11-10(7-9)8-12(21-11)14-15-16-17-18(14)6-2-3-13(19)20/h4-5,7-8H,2-3,6H2,1H3,(H,19,20). The van der Waals surface area contributed by atoms with Gasteiger partial charge in [0.15, 0.2) is 5.76 Å². The molecule has 0 saturated carbocycles. The lowest BCUT2D eigenvalue weighted by molar-refractivity contribution is -0.137. The molecule has 0 amide bonds. The minimum absolute atomic E-state index is 0.0820. The third-order valence-corrected chi connectivity index (χ3v) is 3.18. The fourth-order valence-electron chi connectivity index (χ4n) is 2.18. The summed E-state index contributed by atoms with van der Waals surface area (Å²) in [5.74, 6) is 0.258. The minimum Gasteiger partial charge on any atom is -0.481 e. The lowest BCUT2D eigenvalue weighted by atomic mass is 10.2. The normalized spacial score (nSPS) is 11.1. The maximum Gasteiger partial charge on any atom is 0.303 e. The number of aliphatic carboxylic acids is 1. The Morgan fingerprint density at radius 3 is 3.05 bits per heavy atom. The third kappa shape index (κ3) is 2.76. The molecular formula is C14H14N4O3. The number of carboxylic acid groups (broad SMARTS) is 1. The number of tetrazole rings is 1. The zero-order chi connectivity index (χ0) is 14.8. The van der Waals surface area contributed by atoms with Crippen molar-refractivity contribution in [2.24, 2.45) is 0 Å². The first-order valence-electron chi connectivity index (χ1n) is 6.62. The molecule has 7 nitrogen and oxygen atoms in total. The molecule has 3 aromatic rings. The van der Waals surface area contributed by atoms with Crippen molar-refractivity contribution in [3.63, 3.8) is 0 Å². The second-order valence-electron chi connectivity index (χ2n) is 4.87. The predicted octanol–water partition coefficient (Wildman–Crippen LogP) is 2.26. The van der Waals surface area contributed by atoms with Crippen LogP contribution in [-0.2, 0) is 11.3 Å². The van der Waals surface area contributed by atoms with Gasteiger partial charge in [0.25, 0.3) is 0 Å². The summed E-state index contributed by atoms with van der Waals surface area (Å²) < 4.78 is 7.32. The average molecular weight is 286 g/mol. The molecule has 0 saturated heterocycles. The van der Waals surface area contributed by atoms with E-state index in [1.54, 1.807) is 4.68 Å². The van der Waals surface area contributed by atoms with E-state index < -0.39 is 5.97 Å². The van der Waals surface area contributed by atoms with Crippen LogP contribution >= 0.6 is 0 Å². The second-order valence-corrected chi connectivity index (χ2v) is 4.87. The van der Waals surface area contributed by atoms with Crippen molar-refractivity contribution in [3.8, 4) is 11.6 Å². The molecule has 21 heavy (non-hydrogen) atoms. The van der Waals surface area contributed by atoms with Crippen molar-refractivity contribution in [1.82, 2.24) is 20.2 Å². The van der Waals surface area contributed by atoms with Crippen molar-refractivity contribution >= 4 is 16.9 Å². The number of nitrogens with zero attached hydrogens (tertiary/aromatic N) is 4. The zero-order valence-corrected chi connectivity index (χ0v) is 11.5. The summed E-state index contributed by atoms with van der Waals surface area (Å²) in [5, 5.41) is 21.1. The van der Waals surface area contributed by atoms with Gasteiger partial charge in [0.1, 0.15) is 5.58 Å². The van der Waals surface area contributed by atoms with Crippen LogP contribution in [0.15, 0.2) is 28.7 Å². The summed E-state index contributed by atoms with van der Waals surface area (Å²) in [6.07, 6.45) is 0.547. The van der Waals surface area contributed by atoms with E-state index in [0.717, 1.165) is 16.5 Å². The van der Waals surface area contributed by atoms with Crippen molar-refractivity contribution in [2.45, 2.75) is 26.3 Å². The molecule has 2 aromatic heterocycles. The van der Waals surface area contributed by atoms with Gasteiger partial charge in [-0.25, -0.2) is 4.68 Å². The van der Waals surface area contributed by atoms with Gasteiger partial charge in [-0.2, -0.15) is 0 Å². The Morgan fingerprint density at radius 1 is 1.38 bits per heavy atom. The van der Waals surface area contributed by atoms with Gasteiger partial charge in [0.2, 0.25) is 5.82 Å². The van der Waals surface area contributed by atoms with Crippen LogP contribution in [0.4, 0.5) is 0 Å². The van der Waals surface area contributed by atoms with Crippen LogP contribution in [0.1, 0.15) is 18.4 Å². The van der Waals surface area contributed by atoms with Crippen molar-refractivity contribution in [3.05, 3.63) is 29.8 Å². The molecule has 2 heterocycles. The maximum atomic E-state index is 10.6. The van der Waals surface area contributed by atoms with E-state index in [1.165, 1.54) is 0 Å². The van der Waals surface area contributed by atoms with Crippen LogP contribution in [0.3, 0.4) is 0 Å². The summed E-state index contributed by atoms with van der Waals surface area (Å²) in [5.41, 5.74) is 1.92. The van der Waals surface area contributed by atoms with E-state index in [4.69, 9.17) is 9.52 Å². The Labute approximate surface area is 120 Å². The topological polar surface area (TPSA) is 94.0 Å². The number of fused-ring (bicyclic) bond motifs is 1. The lowest BCUT2D eigenvalue weighted by Gasteiger charge is -2.00. The molecule has 0 bridgehead atoms. The molecule has 7 heteroatoms. The number of rotatable bonds is 5. The van der Waals surface area contributed by atoms with E-state index in [-0.39, 0.29) is 6.42 Å². The maximum absolute atomic E-state index is 10.6. The number of benzene rings is 1. The Bertz CT molecular complexity index is 790. The minimum atomic E-state index is -0.830. The molecule has 0 radical (unpaired) electrons. The molecule has 0 aliphatic heterocycles. The highest BCUT2D eigenvalue weighted by Gasteiger charge is 2.14. The molecular weight excluding hydrogens is 272 g/mol. The molecule has 3 rings (SSSR count). The van der Waals surface area contributed by atoms with E-state index in [1.807, 2.05) is 31.2 Å². The summed E-state index contributed by atoms with van der Waals surface area (Å²) >= 11 is 0. The highest BCUT2D eigenvalue weighted by atomic mass is 16.4. The molecule has 0 unspecified atom stereocenters. The van der Waals surface area contributed by atoms with Gasteiger partial charge < -0.3 is 9.52 Å². The number of aromatic nitrogens is 4. The van der Waals surface area contributed by atoms with Gasteiger partial charge >= 0.3 is 5.97 Å². The van der Waals surface area contributed by atoms with Crippen molar-refractivity contribution < 1.29 is 14.3 Å². The molecule has 0 aliphatic carbocycles. The molecule has 0 fully saturated rings. The Kier molecular flexibility index (Phi) is 3.39. The monoisotopic (exact) mass is 286 g/mol. The predicted molar refractivity (Wildman–Crippen MR) is 74.6 cm³/mol. The van der Waals surface area contributed by atoms with Crippen molar-refractivity contribution in [1.29, 1.82) is 0 Å². The number of furan rings is 1. The summed E-state index contributed by atoms with van der Waals surface area (Å²) in [6.45, 7) is 2.45. The van der Waals surface area contributed by atoms with Crippen LogP contribution in [-0.4, -0.2) is 31.3 Å². The van der Waals surface area contributed by atoms with Crippen molar-refractivity contribution in [2.75, 3.05) is 0 Å². The van der Waals surface area contributed by atoms with Crippen LogP contribution < -0.4 is 0 Å². The average Bonchev–Trinajstić information content (AvgIpc) is 3.03. The number of carbonyl (C=O) groups is 1. The first-order chi connectivity index (χ1) is 10.1. The third-order valence-electron chi connectivity index (χ3n) is 3.18.